The number of benzene rings is 1. The van der Waals surface area contributed by atoms with Gasteiger partial charge in [0.05, 0.1) is 6.61 Å². The average Bonchev–Trinajstić information content (AvgIpc) is 2.75. The second-order valence-electron chi connectivity index (χ2n) is 3.98. The fourth-order valence-corrected chi connectivity index (χ4v) is 2.10. The molecule has 1 unspecified atom stereocenters. The topological polar surface area (TPSA) is 21.3 Å². The predicted octanol–water partition coefficient (Wildman–Crippen LogP) is 2.30. The van der Waals surface area contributed by atoms with Gasteiger partial charge in [0.25, 0.3) is 0 Å². The average molecular weight is 215 g/mol. The molecule has 1 heterocycles. The second-order valence-corrected chi connectivity index (χ2v) is 3.98. The summed E-state index contributed by atoms with van der Waals surface area (Å²) < 4.78 is 5.49. The number of hydrogen-bond acceptors (Lipinski definition) is 2. The number of fused-ring (bicyclic) bond motifs is 1. The first-order chi connectivity index (χ1) is 7.85. The molecule has 1 aliphatic rings. The van der Waals surface area contributed by atoms with Gasteiger partial charge >= 0.3 is 0 Å². The van der Waals surface area contributed by atoms with Crippen LogP contribution in [0, 0.1) is 12.3 Å². The van der Waals surface area contributed by atoms with Crippen molar-refractivity contribution in [2.24, 2.45) is 0 Å². The van der Waals surface area contributed by atoms with Gasteiger partial charge in [-0.1, -0.05) is 19.1 Å². The smallest absolute Gasteiger partial charge is 0.122 e. The fourth-order valence-electron chi connectivity index (χ4n) is 2.10. The summed E-state index contributed by atoms with van der Waals surface area (Å²) in [5.74, 6) is 3.75. The van der Waals surface area contributed by atoms with Gasteiger partial charge in [-0.15, -0.1) is 12.3 Å². The molecule has 0 radical (unpaired) electrons. The minimum atomic E-state index is 0.265. The summed E-state index contributed by atoms with van der Waals surface area (Å²) in [7, 11) is 0. The monoisotopic (exact) mass is 215 g/mol. The van der Waals surface area contributed by atoms with Crippen molar-refractivity contribution in [1.29, 1.82) is 0 Å². The summed E-state index contributed by atoms with van der Waals surface area (Å²) in [5.41, 5.74) is 2.57. The molecule has 16 heavy (non-hydrogen) atoms. The SMILES string of the molecule is C#CCC(NCC)c1ccc2c(c1)CCO2. The van der Waals surface area contributed by atoms with Crippen molar-refractivity contribution in [2.75, 3.05) is 13.2 Å². The van der Waals surface area contributed by atoms with Gasteiger partial charge in [0.1, 0.15) is 5.75 Å². The molecule has 0 spiro atoms. The van der Waals surface area contributed by atoms with Crippen molar-refractivity contribution in [3.8, 4) is 18.1 Å². The van der Waals surface area contributed by atoms with E-state index in [4.69, 9.17) is 11.2 Å². The lowest BCUT2D eigenvalue weighted by atomic mass is 10.0. The van der Waals surface area contributed by atoms with Crippen molar-refractivity contribution in [3.63, 3.8) is 0 Å². The highest BCUT2D eigenvalue weighted by molar-refractivity contribution is 5.41. The van der Waals surface area contributed by atoms with Crippen LogP contribution >= 0.6 is 0 Å². The van der Waals surface area contributed by atoms with E-state index in [9.17, 15) is 0 Å². The Labute approximate surface area is 97.0 Å². The van der Waals surface area contributed by atoms with Gasteiger partial charge in [0.15, 0.2) is 0 Å². The third kappa shape index (κ3) is 2.20. The fraction of sp³-hybridized carbons (Fsp3) is 0.429. The van der Waals surface area contributed by atoms with E-state index in [0.29, 0.717) is 0 Å². The summed E-state index contributed by atoms with van der Waals surface area (Å²) in [4.78, 5) is 0. The van der Waals surface area contributed by atoms with Gasteiger partial charge in [-0.05, 0) is 23.7 Å². The Morgan fingerprint density at radius 1 is 1.56 bits per heavy atom. The van der Waals surface area contributed by atoms with Crippen LogP contribution in [0.15, 0.2) is 18.2 Å². The normalized spacial score (nSPS) is 15.0. The largest absolute Gasteiger partial charge is 0.493 e. The third-order valence-electron chi connectivity index (χ3n) is 2.89. The number of nitrogens with one attached hydrogen (secondary N) is 1. The molecule has 1 aromatic rings. The van der Waals surface area contributed by atoms with Gasteiger partial charge in [-0.3, -0.25) is 0 Å². The van der Waals surface area contributed by atoms with Crippen molar-refractivity contribution >= 4 is 0 Å². The Morgan fingerprint density at radius 3 is 3.19 bits per heavy atom. The van der Waals surface area contributed by atoms with Gasteiger partial charge < -0.3 is 10.1 Å². The molecule has 2 rings (SSSR count). The predicted molar refractivity (Wildman–Crippen MR) is 65.5 cm³/mol. The minimum Gasteiger partial charge on any atom is -0.493 e. The summed E-state index contributed by atoms with van der Waals surface area (Å²) in [6, 6.07) is 6.64. The molecule has 2 heteroatoms. The van der Waals surface area contributed by atoms with Crippen LogP contribution in [0.2, 0.25) is 0 Å². The molecule has 1 atom stereocenters. The van der Waals surface area contributed by atoms with Crippen molar-refractivity contribution in [1.82, 2.24) is 5.32 Å². The lowest BCUT2D eigenvalue weighted by molar-refractivity contribution is 0.356. The Hall–Kier alpha value is -1.46. The van der Waals surface area contributed by atoms with Crippen molar-refractivity contribution in [2.45, 2.75) is 25.8 Å². The molecule has 2 nitrogen and oxygen atoms in total. The van der Waals surface area contributed by atoms with Gasteiger partial charge in [-0.25, -0.2) is 0 Å². The number of rotatable bonds is 4. The van der Waals surface area contributed by atoms with Crippen LogP contribution in [0.5, 0.6) is 5.75 Å². The van der Waals surface area contributed by atoms with Crippen LogP contribution in [0.3, 0.4) is 0 Å². The molecule has 0 aliphatic carbocycles. The highest BCUT2D eigenvalue weighted by Crippen LogP contribution is 2.28. The van der Waals surface area contributed by atoms with Crippen LogP contribution in [0.25, 0.3) is 0 Å². The number of hydrogen-bond donors (Lipinski definition) is 1. The third-order valence-corrected chi connectivity index (χ3v) is 2.89. The molecule has 0 saturated carbocycles. The summed E-state index contributed by atoms with van der Waals surface area (Å²) in [5, 5.41) is 3.41. The van der Waals surface area contributed by atoms with Crippen molar-refractivity contribution in [3.05, 3.63) is 29.3 Å². The lowest BCUT2D eigenvalue weighted by Crippen LogP contribution is -2.20. The Balaban J connectivity index is 2.21. The van der Waals surface area contributed by atoms with E-state index in [1.165, 1.54) is 11.1 Å². The molecule has 1 N–H and O–H groups in total. The van der Waals surface area contributed by atoms with Crippen LogP contribution in [-0.4, -0.2) is 13.2 Å². The molecule has 84 valence electrons. The molecular formula is C14H17NO. The Kier molecular flexibility index (Phi) is 3.48. The summed E-state index contributed by atoms with van der Waals surface area (Å²) in [6.45, 7) is 3.83. The minimum absolute atomic E-state index is 0.265. The van der Waals surface area contributed by atoms with Gasteiger partial charge in [-0.2, -0.15) is 0 Å². The molecule has 0 fully saturated rings. The Morgan fingerprint density at radius 2 is 2.44 bits per heavy atom. The standard InChI is InChI=1S/C14H17NO/c1-3-5-13(15-4-2)11-6-7-14-12(10-11)8-9-16-14/h1,6-7,10,13,15H,4-5,8-9H2,2H3. The number of ether oxygens (including phenoxy) is 1. The summed E-state index contributed by atoms with van der Waals surface area (Å²) in [6.07, 6.45) is 7.14. The maximum Gasteiger partial charge on any atom is 0.122 e. The van der Waals surface area contributed by atoms with E-state index in [-0.39, 0.29) is 6.04 Å². The first-order valence-electron chi connectivity index (χ1n) is 5.77. The molecular weight excluding hydrogens is 198 g/mol. The molecule has 0 bridgehead atoms. The maximum atomic E-state index is 5.49. The number of terminal acetylenes is 1. The van der Waals surface area contributed by atoms with Crippen LogP contribution in [-0.2, 0) is 6.42 Å². The van der Waals surface area contributed by atoms with Crippen LogP contribution in [0.1, 0.15) is 30.5 Å². The molecule has 0 aromatic heterocycles. The molecule has 1 aromatic carbocycles. The van der Waals surface area contributed by atoms with Gasteiger partial charge in [0.2, 0.25) is 0 Å². The van der Waals surface area contributed by atoms with E-state index in [1.54, 1.807) is 0 Å². The van der Waals surface area contributed by atoms with E-state index in [2.05, 4.69) is 36.4 Å². The highest BCUT2D eigenvalue weighted by atomic mass is 16.5. The second kappa shape index (κ2) is 5.05. The quantitative estimate of drug-likeness (QED) is 0.778. The zero-order valence-electron chi connectivity index (χ0n) is 9.62. The molecule has 0 saturated heterocycles. The Bertz CT molecular complexity index is 406. The first-order valence-corrected chi connectivity index (χ1v) is 5.77. The zero-order valence-corrected chi connectivity index (χ0v) is 9.62. The van der Waals surface area contributed by atoms with Crippen molar-refractivity contribution < 1.29 is 4.74 Å². The van der Waals surface area contributed by atoms with Gasteiger partial charge in [0, 0.05) is 18.9 Å². The van der Waals surface area contributed by atoms with Crippen LogP contribution < -0.4 is 10.1 Å². The lowest BCUT2D eigenvalue weighted by Gasteiger charge is -2.16. The highest BCUT2D eigenvalue weighted by Gasteiger charge is 2.15. The van der Waals surface area contributed by atoms with E-state index < -0.39 is 0 Å². The van der Waals surface area contributed by atoms with E-state index in [0.717, 1.165) is 31.7 Å². The van der Waals surface area contributed by atoms with Crippen LogP contribution in [0.4, 0.5) is 0 Å². The maximum absolute atomic E-state index is 5.49. The van der Waals surface area contributed by atoms with E-state index in [1.807, 2.05) is 0 Å². The van der Waals surface area contributed by atoms with E-state index >= 15 is 0 Å². The molecule has 1 aliphatic heterocycles. The zero-order chi connectivity index (χ0) is 11.4. The molecule has 0 amide bonds. The first kappa shape index (κ1) is 11.0. The summed E-state index contributed by atoms with van der Waals surface area (Å²) >= 11 is 0.